The van der Waals surface area contributed by atoms with Crippen LogP contribution in [0, 0.1) is 0 Å². The van der Waals surface area contributed by atoms with Gasteiger partial charge in [-0.05, 0) is 24.7 Å². The second-order valence-electron chi connectivity index (χ2n) is 16.9. The van der Waals surface area contributed by atoms with E-state index in [0.717, 1.165) is 48.8 Å². The van der Waals surface area contributed by atoms with Gasteiger partial charge in [0.05, 0.1) is 13.2 Å². The molecule has 0 spiro atoms. The number of phosphoric acid groups is 2. The molecule has 1 fully saturated rings. The Bertz CT molecular complexity index is 1510. The molecule has 0 aromatic carbocycles. The van der Waals surface area contributed by atoms with Gasteiger partial charge in [0.1, 0.15) is 30.2 Å². The summed E-state index contributed by atoms with van der Waals surface area (Å²) < 4.78 is 51.0. The van der Waals surface area contributed by atoms with Gasteiger partial charge in [0, 0.05) is 18.4 Å². The molecule has 0 amide bonds. The van der Waals surface area contributed by atoms with Crippen molar-refractivity contribution < 1.29 is 116 Å². The summed E-state index contributed by atoms with van der Waals surface area (Å²) in [6, 6.07) is 1.25. The molecule has 2 rings (SSSR count). The third-order valence-corrected chi connectivity index (χ3v) is 14.9. The van der Waals surface area contributed by atoms with Crippen LogP contribution in [0.3, 0.4) is 0 Å². The van der Waals surface area contributed by atoms with Crippen LogP contribution in [0.15, 0.2) is 17.1 Å². The second-order valence-corrected chi connectivity index (χ2v) is 21.0. The molecule has 1 aromatic heterocycles. The van der Waals surface area contributed by atoms with Crippen LogP contribution in [0.1, 0.15) is 200 Å². The molecule has 21 heteroatoms. The van der Waals surface area contributed by atoms with Crippen molar-refractivity contribution in [2.24, 2.45) is 0 Å². The molecule has 7 atom stereocenters. The van der Waals surface area contributed by atoms with Crippen LogP contribution in [0.5, 0.6) is 0 Å². The number of nitrogens with two attached hydrogens (primary N) is 1. The van der Waals surface area contributed by atoms with Crippen LogP contribution in [0.2, 0.25) is 0 Å². The van der Waals surface area contributed by atoms with Gasteiger partial charge in [-0.2, -0.15) is 16.7 Å². The zero-order valence-corrected chi connectivity index (χ0v) is 46.9. The molecule has 16 nitrogen and oxygen atoms in total. The van der Waals surface area contributed by atoms with Gasteiger partial charge in [0.15, 0.2) is 6.23 Å². The Hall–Kier alpha value is 0.640. The minimum atomic E-state index is -5.63. The molecule has 0 radical (unpaired) electrons. The summed E-state index contributed by atoms with van der Waals surface area (Å²) in [4.78, 5) is 53.8. The molecule has 0 bridgehead atoms. The summed E-state index contributed by atoms with van der Waals surface area (Å²) in [7, 11) is -11.2. The van der Waals surface area contributed by atoms with Crippen LogP contribution >= 0.6 is 27.4 Å². The van der Waals surface area contributed by atoms with E-state index in [1.807, 2.05) is 0 Å². The molecule has 1 aliphatic rings. The van der Waals surface area contributed by atoms with E-state index in [9.17, 15) is 38.7 Å². The third-order valence-electron chi connectivity index (χ3n) is 11.2. The van der Waals surface area contributed by atoms with E-state index < -0.39 is 71.2 Å². The molecule has 0 aliphatic carbocycles. The average molecular weight is 1000 g/mol. The standard InChI is InChI=1S/C44H83N3O13P2S.2Na/c1-3-5-7-9-11-13-15-16-17-18-19-21-23-25-27-29-33-63-36-37(58-40(48)30-28-26-24-22-20-14-12-10-8-6-4-2)34-56-61(52,53)60-62(54,55)57-35-38-41(49)42(50)43(59-38)47-32-31-39(45)46-44(47)51;;/h31-32,37-38,41-43,49-50H,3-30,33-36H2,1-2H3,(H,52,53)(H,54,55)(H2,45,46,51);;/q;2*+1/p-2. The van der Waals surface area contributed by atoms with Gasteiger partial charge >= 0.3 is 70.8 Å². The summed E-state index contributed by atoms with van der Waals surface area (Å²) in [5.74, 6) is 0.427. The zero-order chi connectivity index (χ0) is 46.2. The number of phosphoric ester groups is 2. The number of unbranched alkanes of at least 4 members (excludes halogenated alkanes) is 25. The van der Waals surface area contributed by atoms with Crippen molar-refractivity contribution in [1.82, 2.24) is 9.55 Å². The summed E-state index contributed by atoms with van der Waals surface area (Å²) in [6.45, 7) is 2.82. The third kappa shape index (κ3) is 32.3. The van der Waals surface area contributed by atoms with E-state index in [4.69, 9.17) is 19.7 Å². The number of carbonyl (C=O) groups excluding carboxylic acids is 1. The van der Waals surface area contributed by atoms with Crippen molar-refractivity contribution in [3.63, 3.8) is 0 Å². The summed E-state index contributed by atoms with van der Waals surface area (Å²) in [6.07, 6.45) is 26.7. The number of nitrogens with zero attached hydrogens (tertiary/aromatic N) is 2. The molecular weight excluding hydrogens is 918 g/mol. The number of thioether (sulfide) groups is 1. The number of rotatable bonds is 41. The van der Waals surface area contributed by atoms with E-state index in [1.54, 1.807) is 0 Å². The van der Waals surface area contributed by atoms with E-state index in [-0.39, 0.29) is 77.1 Å². The van der Waals surface area contributed by atoms with Crippen molar-refractivity contribution in [3.8, 4) is 0 Å². The number of nitrogen functional groups attached to an aromatic ring is 1. The number of hydrogen-bond donors (Lipinski definition) is 3. The Morgan fingerprint density at radius 3 is 1.68 bits per heavy atom. The maximum Gasteiger partial charge on any atom is 1.00 e. The Morgan fingerprint density at radius 1 is 0.754 bits per heavy atom. The fraction of sp³-hybridized carbons (Fsp3) is 0.886. The first kappa shape index (κ1) is 65.6. The first-order chi connectivity index (χ1) is 30.3. The van der Waals surface area contributed by atoms with Gasteiger partial charge in [0.25, 0.3) is 15.6 Å². The predicted molar refractivity (Wildman–Crippen MR) is 245 cm³/mol. The molecule has 4 N–H and O–H groups in total. The van der Waals surface area contributed by atoms with Crippen molar-refractivity contribution >= 4 is 39.2 Å². The Labute approximate surface area is 438 Å². The van der Waals surface area contributed by atoms with Crippen LogP contribution in [-0.4, -0.2) is 74.9 Å². The van der Waals surface area contributed by atoms with Gasteiger partial charge in [-0.15, -0.1) is 0 Å². The zero-order valence-electron chi connectivity index (χ0n) is 40.3. The molecule has 1 aliphatic heterocycles. The van der Waals surface area contributed by atoms with Crippen LogP contribution < -0.4 is 80.3 Å². The fourth-order valence-corrected chi connectivity index (χ4v) is 10.5. The SMILES string of the molecule is CCCCCCCCCCCCCCCCCCSCC(COP(=O)([O-])OP(=O)([O-])OCC1OC(n2ccc(N)nc2=O)C(O)C1O)OC(=O)CCCCCCCCCCCCC.[Na+].[Na+]. The largest absolute Gasteiger partial charge is 1.00 e. The fourth-order valence-electron chi connectivity index (χ4n) is 7.49. The molecule has 1 aromatic rings. The van der Waals surface area contributed by atoms with E-state index in [2.05, 4.69) is 27.7 Å². The minimum absolute atomic E-state index is 0. The number of anilines is 1. The number of aliphatic hydroxyl groups excluding tert-OH is 2. The van der Waals surface area contributed by atoms with Crippen LogP contribution in [-0.2, 0) is 36.8 Å². The van der Waals surface area contributed by atoms with Crippen molar-refractivity contribution in [3.05, 3.63) is 22.7 Å². The first-order valence-electron chi connectivity index (χ1n) is 24.0. The minimum Gasteiger partial charge on any atom is -0.756 e. The number of hydrogen-bond acceptors (Lipinski definition) is 16. The molecular formula is C44H81N3Na2O13P2S. The summed E-state index contributed by atoms with van der Waals surface area (Å²) in [5, 5.41) is 20.8. The van der Waals surface area contributed by atoms with Gasteiger partial charge in [-0.25, -0.2) is 9.11 Å². The Kier molecular flexibility index (Phi) is 40.7. The van der Waals surface area contributed by atoms with Crippen molar-refractivity contribution in [2.75, 3.05) is 30.5 Å². The van der Waals surface area contributed by atoms with Crippen LogP contribution in [0.25, 0.3) is 0 Å². The normalized spacial score (nSPS) is 19.5. The van der Waals surface area contributed by atoms with E-state index in [1.165, 1.54) is 152 Å². The number of ether oxygens (including phenoxy) is 2. The second kappa shape index (κ2) is 40.3. The van der Waals surface area contributed by atoms with E-state index in [0.29, 0.717) is 6.42 Å². The summed E-state index contributed by atoms with van der Waals surface area (Å²) >= 11 is 1.50. The predicted octanol–water partition coefficient (Wildman–Crippen LogP) is 3.05. The molecule has 2 heterocycles. The van der Waals surface area contributed by atoms with Crippen LogP contribution in [0.4, 0.5) is 5.82 Å². The van der Waals surface area contributed by atoms with Gasteiger partial charge in [0.2, 0.25) is 0 Å². The van der Waals surface area contributed by atoms with Gasteiger partial charge < -0.3 is 44.3 Å². The topological polar surface area (TPSA) is 245 Å². The molecule has 65 heavy (non-hydrogen) atoms. The Balaban J connectivity index is 0.0000205. The quantitative estimate of drug-likeness (QED) is 0.0370. The maximum absolute atomic E-state index is 12.8. The average Bonchev–Trinajstić information content (AvgIpc) is 3.51. The number of aliphatic hydroxyl groups is 2. The monoisotopic (exact) mass is 999 g/mol. The van der Waals surface area contributed by atoms with Crippen molar-refractivity contribution in [1.29, 1.82) is 0 Å². The first-order valence-corrected chi connectivity index (χ1v) is 28.1. The molecule has 368 valence electrons. The van der Waals surface area contributed by atoms with Gasteiger partial charge in [-0.1, -0.05) is 174 Å². The molecule has 7 unspecified atom stereocenters. The number of aromatic nitrogens is 2. The molecule has 0 saturated carbocycles. The summed E-state index contributed by atoms with van der Waals surface area (Å²) in [5.41, 5.74) is 4.59. The van der Waals surface area contributed by atoms with E-state index >= 15 is 0 Å². The smallest absolute Gasteiger partial charge is 0.756 e. The van der Waals surface area contributed by atoms with Crippen molar-refractivity contribution in [2.45, 2.75) is 224 Å². The maximum atomic E-state index is 12.8. The Morgan fingerprint density at radius 2 is 1.20 bits per heavy atom. The molecule has 1 saturated heterocycles. The van der Waals surface area contributed by atoms with Gasteiger partial charge in [-0.3, -0.25) is 18.5 Å². The number of esters is 1. The number of carbonyl (C=O) groups is 1.